The Balaban J connectivity index is 2.09. The summed E-state index contributed by atoms with van der Waals surface area (Å²) in [6, 6.07) is 6.53. The van der Waals surface area contributed by atoms with E-state index in [1.807, 2.05) is 19.1 Å². The van der Waals surface area contributed by atoms with Crippen molar-refractivity contribution in [3.05, 3.63) is 28.2 Å². The van der Waals surface area contributed by atoms with Crippen molar-refractivity contribution in [2.75, 3.05) is 5.32 Å². The summed E-state index contributed by atoms with van der Waals surface area (Å²) >= 11 is 3.45. The number of aryl methyl sites for hydroxylation is 1. The maximum Gasteiger partial charge on any atom is 0.193 e. The first-order chi connectivity index (χ1) is 7.13. The minimum atomic E-state index is 0.450. The summed E-state index contributed by atoms with van der Waals surface area (Å²) in [7, 11) is 0. The molecule has 0 atom stereocenters. The van der Waals surface area contributed by atoms with Gasteiger partial charge in [-0.3, -0.25) is 0 Å². The number of nitrogens with two attached hydrogens (primary N) is 1. The second kappa shape index (κ2) is 4.23. The molecular formula is C11H14BrN3. The van der Waals surface area contributed by atoms with Crippen LogP contribution in [0.15, 0.2) is 27.7 Å². The highest BCUT2D eigenvalue weighted by Crippen LogP contribution is 2.24. The predicted molar refractivity (Wildman–Crippen MR) is 67.1 cm³/mol. The molecule has 2 rings (SSSR count). The van der Waals surface area contributed by atoms with Gasteiger partial charge in [0.15, 0.2) is 5.96 Å². The zero-order chi connectivity index (χ0) is 10.8. The topological polar surface area (TPSA) is 50.4 Å². The van der Waals surface area contributed by atoms with Gasteiger partial charge in [0, 0.05) is 10.2 Å². The number of nitrogens with one attached hydrogen (secondary N) is 1. The molecule has 1 aromatic carbocycles. The summed E-state index contributed by atoms with van der Waals surface area (Å²) in [5.41, 5.74) is 7.93. The van der Waals surface area contributed by atoms with Crippen LogP contribution in [0, 0.1) is 6.92 Å². The number of halogens is 1. The number of hydrogen-bond donors (Lipinski definition) is 2. The molecule has 1 aliphatic rings. The van der Waals surface area contributed by atoms with Crippen molar-refractivity contribution >= 4 is 27.6 Å². The zero-order valence-electron chi connectivity index (χ0n) is 8.63. The van der Waals surface area contributed by atoms with Gasteiger partial charge in [-0.05, 0) is 43.5 Å². The Hall–Kier alpha value is -1.03. The van der Waals surface area contributed by atoms with E-state index in [1.54, 1.807) is 0 Å². The Bertz CT molecular complexity index is 377. The maximum atomic E-state index is 5.77. The minimum absolute atomic E-state index is 0.450. The fourth-order valence-electron chi connectivity index (χ4n) is 1.39. The average Bonchev–Trinajstić information content (AvgIpc) is 2.85. The highest BCUT2D eigenvalue weighted by molar-refractivity contribution is 9.10. The number of benzene rings is 1. The number of guanidine groups is 1. The lowest BCUT2D eigenvalue weighted by Gasteiger charge is -2.07. The van der Waals surface area contributed by atoms with Crippen LogP contribution in [0.5, 0.6) is 0 Å². The van der Waals surface area contributed by atoms with E-state index in [9.17, 15) is 0 Å². The molecule has 1 aromatic rings. The molecule has 1 fully saturated rings. The molecule has 80 valence electrons. The van der Waals surface area contributed by atoms with Crippen molar-refractivity contribution in [1.82, 2.24) is 0 Å². The van der Waals surface area contributed by atoms with E-state index in [0.29, 0.717) is 12.0 Å². The third-order valence-electron chi connectivity index (χ3n) is 2.18. The summed E-state index contributed by atoms with van der Waals surface area (Å²) in [4.78, 5) is 4.31. The Morgan fingerprint density at radius 2 is 2.20 bits per heavy atom. The number of anilines is 1. The monoisotopic (exact) mass is 267 g/mol. The molecule has 3 nitrogen and oxygen atoms in total. The average molecular weight is 268 g/mol. The van der Waals surface area contributed by atoms with Crippen molar-refractivity contribution in [3.63, 3.8) is 0 Å². The Kier molecular flexibility index (Phi) is 2.95. The summed E-state index contributed by atoms with van der Waals surface area (Å²) < 4.78 is 1.05. The quantitative estimate of drug-likeness (QED) is 0.640. The third-order valence-corrected chi connectivity index (χ3v) is 2.64. The SMILES string of the molecule is Cc1cc(Br)cc(NC(N)=NC2CC2)c1. The van der Waals surface area contributed by atoms with Gasteiger partial charge in [-0.15, -0.1) is 0 Å². The molecule has 0 radical (unpaired) electrons. The molecule has 1 saturated carbocycles. The molecular weight excluding hydrogens is 254 g/mol. The molecule has 0 spiro atoms. The standard InChI is InChI=1S/C11H14BrN3/c1-7-4-8(12)6-10(5-7)15-11(13)14-9-2-3-9/h4-6,9H,2-3H2,1H3,(H3,13,14,15). The van der Waals surface area contributed by atoms with E-state index < -0.39 is 0 Å². The van der Waals surface area contributed by atoms with Gasteiger partial charge >= 0.3 is 0 Å². The molecule has 0 aliphatic heterocycles. The summed E-state index contributed by atoms with van der Waals surface area (Å²) in [6.07, 6.45) is 2.33. The van der Waals surface area contributed by atoms with Gasteiger partial charge in [0.25, 0.3) is 0 Å². The predicted octanol–water partition coefficient (Wildman–Crippen LogP) is 2.65. The van der Waals surface area contributed by atoms with E-state index in [2.05, 4.69) is 32.3 Å². The van der Waals surface area contributed by atoms with Crippen LogP contribution in [-0.2, 0) is 0 Å². The fraction of sp³-hybridized carbons (Fsp3) is 0.364. The van der Waals surface area contributed by atoms with Crippen LogP contribution >= 0.6 is 15.9 Å². The lowest BCUT2D eigenvalue weighted by molar-refractivity contribution is 1.06. The molecule has 15 heavy (non-hydrogen) atoms. The molecule has 3 N–H and O–H groups in total. The van der Waals surface area contributed by atoms with E-state index in [-0.39, 0.29) is 0 Å². The lowest BCUT2D eigenvalue weighted by atomic mass is 10.2. The molecule has 0 amide bonds. The van der Waals surface area contributed by atoms with Gasteiger partial charge in [0.1, 0.15) is 0 Å². The molecule has 0 unspecified atom stereocenters. The van der Waals surface area contributed by atoms with E-state index in [4.69, 9.17) is 5.73 Å². The van der Waals surface area contributed by atoms with Gasteiger partial charge in [-0.25, -0.2) is 4.99 Å². The second-order valence-corrected chi connectivity index (χ2v) is 4.80. The van der Waals surface area contributed by atoms with Crippen LogP contribution in [0.2, 0.25) is 0 Å². The van der Waals surface area contributed by atoms with Crippen LogP contribution in [0.3, 0.4) is 0 Å². The number of aliphatic imine (C=N–C) groups is 1. The number of hydrogen-bond acceptors (Lipinski definition) is 1. The van der Waals surface area contributed by atoms with Crippen LogP contribution in [0.25, 0.3) is 0 Å². The maximum absolute atomic E-state index is 5.77. The minimum Gasteiger partial charge on any atom is -0.370 e. The second-order valence-electron chi connectivity index (χ2n) is 3.89. The van der Waals surface area contributed by atoms with Crippen LogP contribution in [0.1, 0.15) is 18.4 Å². The van der Waals surface area contributed by atoms with Gasteiger partial charge < -0.3 is 11.1 Å². The smallest absolute Gasteiger partial charge is 0.193 e. The summed E-state index contributed by atoms with van der Waals surface area (Å²) in [6.45, 7) is 2.05. The van der Waals surface area contributed by atoms with Crippen molar-refractivity contribution in [3.8, 4) is 0 Å². The van der Waals surface area contributed by atoms with Crippen molar-refractivity contribution in [2.24, 2.45) is 10.7 Å². The number of nitrogens with zero attached hydrogens (tertiary/aromatic N) is 1. The first kappa shape index (κ1) is 10.5. The van der Waals surface area contributed by atoms with E-state index >= 15 is 0 Å². The summed E-state index contributed by atoms with van der Waals surface area (Å²) in [5, 5.41) is 3.09. The lowest BCUT2D eigenvalue weighted by Crippen LogP contribution is -2.23. The van der Waals surface area contributed by atoms with Crippen molar-refractivity contribution in [2.45, 2.75) is 25.8 Å². The normalized spacial score (nSPS) is 16.5. The van der Waals surface area contributed by atoms with Crippen LogP contribution < -0.4 is 11.1 Å². The van der Waals surface area contributed by atoms with Crippen molar-refractivity contribution in [1.29, 1.82) is 0 Å². The highest BCUT2D eigenvalue weighted by atomic mass is 79.9. The van der Waals surface area contributed by atoms with E-state index in [1.165, 1.54) is 18.4 Å². The zero-order valence-corrected chi connectivity index (χ0v) is 10.2. The summed E-state index contributed by atoms with van der Waals surface area (Å²) in [5.74, 6) is 0.509. The first-order valence-corrected chi connectivity index (χ1v) is 5.80. The molecule has 1 aliphatic carbocycles. The Labute approximate surface area is 97.9 Å². The van der Waals surface area contributed by atoms with Gasteiger partial charge in [-0.1, -0.05) is 15.9 Å². The highest BCUT2D eigenvalue weighted by Gasteiger charge is 2.20. The van der Waals surface area contributed by atoms with Crippen molar-refractivity contribution < 1.29 is 0 Å². The van der Waals surface area contributed by atoms with Gasteiger partial charge in [0.2, 0.25) is 0 Å². The largest absolute Gasteiger partial charge is 0.370 e. The molecule has 0 bridgehead atoms. The number of rotatable bonds is 2. The van der Waals surface area contributed by atoms with Crippen LogP contribution in [0.4, 0.5) is 5.69 Å². The molecule has 4 heteroatoms. The third kappa shape index (κ3) is 3.23. The molecule has 0 saturated heterocycles. The Morgan fingerprint density at radius 1 is 1.47 bits per heavy atom. The molecule has 0 heterocycles. The van der Waals surface area contributed by atoms with E-state index in [0.717, 1.165) is 10.2 Å². The molecule has 0 aromatic heterocycles. The van der Waals surface area contributed by atoms with Crippen LogP contribution in [-0.4, -0.2) is 12.0 Å². The van der Waals surface area contributed by atoms with Gasteiger partial charge in [0.05, 0.1) is 6.04 Å². The van der Waals surface area contributed by atoms with Gasteiger partial charge in [-0.2, -0.15) is 0 Å². The first-order valence-electron chi connectivity index (χ1n) is 5.01. The fourth-order valence-corrected chi connectivity index (χ4v) is 2.00. The Morgan fingerprint density at radius 3 is 2.80 bits per heavy atom.